The maximum absolute atomic E-state index is 12.0. The summed E-state index contributed by atoms with van der Waals surface area (Å²) in [6.07, 6.45) is 0.402. The summed E-state index contributed by atoms with van der Waals surface area (Å²) >= 11 is 0. The number of ether oxygens (including phenoxy) is 1. The molecule has 1 aromatic carbocycles. The Bertz CT molecular complexity index is 596. The molecule has 0 aliphatic carbocycles. The Morgan fingerprint density at radius 2 is 2.21 bits per heavy atom. The first-order chi connectivity index (χ1) is 8.91. The number of sulfone groups is 1. The van der Waals surface area contributed by atoms with E-state index >= 15 is 0 Å². The summed E-state index contributed by atoms with van der Waals surface area (Å²) in [5, 5.41) is 12.3. The van der Waals surface area contributed by atoms with Crippen LogP contribution in [-0.2, 0) is 9.84 Å². The smallest absolute Gasteiger partial charge is 0.255 e. The molecule has 1 aliphatic heterocycles. The normalized spacial score (nSPS) is 21.0. The second-order valence-corrected chi connectivity index (χ2v) is 6.69. The fourth-order valence-corrected chi connectivity index (χ4v) is 3.67. The van der Waals surface area contributed by atoms with E-state index in [4.69, 9.17) is 4.74 Å². The zero-order valence-corrected chi connectivity index (χ0v) is 11.2. The number of phenolic OH excluding ortho intramolecular Hbond substituents is 1. The average Bonchev–Trinajstić information content (AvgIpc) is 2.69. The topological polar surface area (TPSA) is 92.7 Å². The van der Waals surface area contributed by atoms with Gasteiger partial charge in [-0.1, -0.05) is 0 Å². The highest BCUT2D eigenvalue weighted by molar-refractivity contribution is 7.91. The van der Waals surface area contributed by atoms with Crippen LogP contribution < -0.4 is 10.1 Å². The van der Waals surface area contributed by atoms with Crippen LogP contribution in [0, 0.1) is 0 Å². The molecule has 104 valence electrons. The Labute approximate surface area is 111 Å². The molecule has 0 bridgehead atoms. The highest BCUT2D eigenvalue weighted by atomic mass is 32.2. The van der Waals surface area contributed by atoms with E-state index in [1.807, 2.05) is 0 Å². The van der Waals surface area contributed by atoms with Gasteiger partial charge in [0.15, 0.2) is 9.84 Å². The molecular weight excluding hydrogens is 270 g/mol. The van der Waals surface area contributed by atoms with Crippen molar-refractivity contribution in [3.8, 4) is 11.5 Å². The molecule has 0 spiro atoms. The number of phenols is 1. The van der Waals surface area contributed by atoms with Crippen LogP contribution in [0.4, 0.5) is 0 Å². The summed E-state index contributed by atoms with van der Waals surface area (Å²) in [6, 6.07) is 3.91. The number of rotatable bonds is 3. The number of amides is 1. The lowest BCUT2D eigenvalue weighted by molar-refractivity contribution is 0.0938. The molecule has 1 unspecified atom stereocenters. The number of carbonyl (C=O) groups excluding carboxylic acids is 1. The summed E-state index contributed by atoms with van der Waals surface area (Å²) in [5.74, 6) is -0.189. The fourth-order valence-electron chi connectivity index (χ4n) is 2.00. The van der Waals surface area contributed by atoms with Crippen molar-refractivity contribution in [1.29, 1.82) is 0 Å². The molecule has 2 N–H and O–H groups in total. The van der Waals surface area contributed by atoms with Crippen molar-refractivity contribution in [3.63, 3.8) is 0 Å². The van der Waals surface area contributed by atoms with Gasteiger partial charge in [-0.15, -0.1) is 0 Å². The van der Waals surface area contributed by atoms with Gasteiger partial charge in [-0.2, -0.15) is 0 Å². The minimum atomic E-state index is -3.05. The largest absolute Gasteiger partial charge is 0.507 e. The van der Waals surface area contributed by atoms with E-state index in [1.165, 1.54) is 25.3 Å². The molecule has 1 aromatic rings. The van der Waals surface area contributed by atoms with Gasteiger partial charge in [0.25, 0.3) is 5.91 Å². The Kier molecular flexibility index (Phi) is 3.66. The predicted octanol–water partition coefficient (Wildman–Crippen LogP) is 0.318. The van der Waals surface area contributed by atoms with Gasteiger partial charge in [0.05, 0.1) is 24.2 Å². The van der Waals surface area contributed by atoms with Crippen LogP contribution in [0.15, 0.2) is 18.2 Å². The van der Waals surface area contributed by atoms with Crippen molar-refractivity contribution in [2.24, 2.45) is 0 Å². The van der Waals surface area contributed by atoms with Crippen molar-refractivity contribution in [2.45, 2.75) is 12.5 Å². The fraction of sp³-hybridized carbons (Fsp3) is 0.417. The molecule has 1 saturated heterocycles. The van der Waals surface area contributed by atoms with Gasteiger partial charge >= 0.3 is 0 Å². The van der Waals surface area contributed by atoms with Gasteiger partial charge in [0.1, 0.15) is 11.5 Å². The molecule has 0 saturated carbocycles. The molecule has 1 atom stereocenters. The molecule has 1 aliphatic rings. The summed E-state index contributed by atoms with van der Waals surface area (Å²) in [4.78, 5) is 12.0. The van der Waals surface area contributed by atoms with Gasteiger partial charge in [-0.3, -0.25) is 4.79 Å². The minimum Gasteiger partial charge on any atom is -0.507 e. The monoisotopic (exact) mass is 285 g/mol. The Hall–Kier alpha value is -1.76. The lowest BCUT2D eigenvalue weighted by Crippen LogP contribution is -2.35. The van der Waals surface area contributed by atoms with Crippen molar-refractivity contribution in [3.05, 3.63) is 23.8 Å². The maximum atomic E-state index is 12.0. The lowest BCUT2D eigenvalue weighted by atomic mass is 10.1. The molecule has 1 heterocycles. The quantitative estimate of drug-likeness (QED) is 0.834. The minimum absolute atomic E-state index is 0.0521. The number of carbonyl (C=O) groups is 1. The van der Waals surface area contributed by atoms with Gasteiger partial charge in [0, 0.05) is 6.04 Å². The molecule has 1 fully saturated rings. The first-order valence-corrected chi connectivity index (χ1v) is 7.62. The molecule has 0 aromatic heterocycles. The summed E-state index contributed by atoms with van der Waals surface area (Å²) in [5.41, 5.74) is 0.0728. The van der Waals surface area contributed by atoms with E-state index in [-0.39, 0.29) is 22.8 Å². The van der Waals surface area contributed by atoms with Crippen molar-refractivity contribution in [2.75, 3.05) is 18.6 Å². The zero-order chi connectivity index (χ0) is 14.0. The number of aromatic hydroxyl groups is 1. The predicted molar refractivity (Wildman–Crippen MR) is 69.2 cm³/mol. The standard InChI is InChI=1S/C12H15NO5S/c1-18-9-2-3-11(14)10(6-9)12(15)13-8-4-5-19(16,17)7-8/h2-3,6,8,14H,4-5,7H2,1H3,(H,13,15). The lowest BCUT2D eigenvalue weighted by Gasteiger charge is -2.12. The SMILES string of the molecule is COc1ccc(O)c(C(=O)NC2CCS(=O)(=O)C2)c1. The van der Waals surface area contributed by atoms with E-state index in [1.54, 1.807) is 0 Å². The molecule has 0 radical (unpaired) electrons. The molecule has 7 heteroatoms. The summed E-state index contributed by atoms with van der Waals surface area (Å²) < 4.78 is 27.6. The number of hydrogen-bond acceptors (Lipinski definition) is 5. The van der Waals surface area contributed by atoms with Gasteiger partial charge in [-0.25, -0.2) is 8.42 Å². The van der Waals surface area contributed by atoms with E-state index in [2.05, 4.69) is 5.32 Å². The maximum Gasteiger partial charge on any atom is 0.255 e. The van der Waals surface area contributed by atoms with E-state index in [0.29, 0.717) is 12.2 Å². The van der Waals surface area contributed by atoms with Crippen LogP contribution >= 0.6 is 0 Å². The van der Waals surface area contributed by atoms with Gasteiger partial charge in [-0.05, 0) is 24.6 Å². The van der Waals surface area contributed by atoms with Crippen LogP contribution in [0.25, 0.3) is 0 Å². The van der Waals surface area contributed by atoms with Crippen LogP contribution in [-0.4, -0.2) is 44.1 Å². The second-order valence-electron chi connectivity index (χ2n) is 4.46. The van der Waals surface area contributed by atoms with E-state index in [0.717, 1.165) is 0 Å². The van der Waals surface area contributed by atoms with Crippen molar-refractivity contribution >= 4 is 15.7 Å². The van der Waals surface area contributed by atoms with Crippen LogP contribution in [0.2, 0.25) is 0 Å². The first-order valence-electron chi connectivity index (χ1n) is 5.79. The highest BCUT2D eigenvalue weighted by Gasteiger charge is 2.29. The summed E-state index contributed by atoms with van der Waals surface area (Å²) in [7, 11) is -1.59. The third-order valence-corrected chi connectivity index (χ3v) is 4.78. The van der Waals surface area contributed by atoms with Crippen molar-refractivity contribution < 1.29 is 23.1 Å². The molecule has 2 rings (SSSR count). The van der Waals surface area contributed by atoms with Gasteiger partial charge in [0.2, 0.25) is 0 Å². The highest BCUT2D eigenvalue weighted by Crippen LogP contribution is 2.23. The Morgan fingerprint density at radius 1 is 1.47 bits per heavy atom. The molecular formula is C12H15NO5S. The Morgan fingerprint density at radius 3 is 2.79 bits per heavy atom. The van der Waals surface area contributed by atoms with Gasteiger partial charge < -0.3 is 15.2 Å². The van der Waals surface area contributed by atoms with Crippen LogP contribution in [0.5, 0.6) is 11.5 Å². The van der Waals surface area contributed by atoms with Crippen LogP contribution in [0.1, 0.15) is 16.8 Å². The number of nitrogens with one attached hydrogen (secondary N) is 1. The zero-order valence-electron chi connectivity index (χ0n) is 10.4. The average molecular weight is 285 g/mol. The Balaban J connectivity index is 2.12. The van der Waals surface area contributed by atoms with Crippen molar-refractivity contribution in [1.82, 2.24) is 5.32 Å². The molecule has 1 amide bonds. The van der Waals surface area contributed by atoms with E-state index < -0.39 is 21.8 Å². The van der Waals surface area contributed by atoms with E-state index in [9.17, 15) is 18.3 Å². The first kappa shape index (κ1) is 13.7. The summed E-state index contributed by atoms with van der Waals surface area (Å²) in [6.45, 7) is 0. The second kappa shape index (κ2) is 5.08. The number of methoxy groups -OCH3 is 1. The van der Waals surface area contributed by atoms with Crippen LogP contribution in [0.3, 0.4) is 0 Å². The molecule has 6 nitrogen and oxygen atoms in total. The number of benzene rings is 1. The third-order valence-electron chi connectivity index (χ3n) is 3.02. The molecule has 19 heavy (non-hydrogen) atoms. The number of hydrogen-bond donors (Lipinski definition) is 2. The third kappa shape index (κ3) is 3.17.